The number of rotatable bonds is 1. The maximum absolute atomic E-state index is 10.5. The summed E-state index contributed by atoms with van der Waals surface area (Å²) in [6.45, 7) is 5.03. The summed E-state index contributed by atoms with van der Waals surface area (Å²) in [5.41, 5.74) is 0.800. The molecule has 4 nitrogen and oxygen atoms in total. The molecule has 0 spiro atoms. The smallest absolute Gasteiger partial charge is 0.301 e. The van der Waals surface area contributed by atoms with Gasteiger partial charge in [-0.1, -0.05) is 0 Å². The lowest BCUT2D eigenvalue weighted by atomic mass is 10.4. The van der Waals surface area contributed by atoms with Crippen LogP contribution in [0.25, 0.3) is 0 Å². The highest BCUT2D eigenvalue weighted by Gasteiger charge is 2.05. The normalized spacial score (nSPS) is 9.73. The Morgan fingerprint density at radius 2 is 2.18 bits per heavy atom. The number of aryl methyl sites for hydroxylation is 2. The van der Waals surface area contributed by atoms with E-state index in [0.29, 0.717) is 0 Å². The van der Waals surface area contributed by atoms with Gasteiger partial charge in [-0.3, -0.25) is 10.1 Å². The minimum Gasteiger partial charge on any atom is -0.428 e. The fraction of sp³-hybridized carbons (Fsp3) is 0.429. The molecule has 0 saturated heterocycles. The van der Waals surface area contributed by atoms with Crippen LogP contribution in [-0.4, -0.2) is 10.9 Å². The maximum Gasteiger partial charge on any atom is 0.301 e. The Balaban J connectivity index is 2.81. The Hall–Kier alpha value is -1.32. The van der Waals surface area contributed by atoms with Gasteiger partial charge in [0.2, 0.25) is 5.91 Å². The summed E-state index contributed by atoms with van der Waals surface area (Å²) in [5, 5.41) is 2.45. The minimum absolute atomic E-state index is 0.175. The first-order valence-corrected chi connectivity index (χ1v) is 3.31. The number of aromatic nitrogens is 1. The van der Waals surface area contributed by atoms with Crippen LogP contribution in [0.2, 0.25) is 0 Å². The number of nitrogens with one attached hydrogen (secondary N) is 1. The molecule has 1 aromatic heterocycles. The quantitative estimate of drug-likeness (QED) is 0.662. The lowest BCUT2D eigenvalue weighted by Gasteiger charge is -1.90. The van der Waals surface area contributed by atoms with E-state index in [1.165, 1.54) is 6.92 Å². The van der Waals surface area contributed by atoms with E-state index in [4.69, 9.17) is 4.42 Å². The van der Waals surface area contributed by atoms with Gasteiger partial charge >= 0.3 is 6.01 Å². The van der Waals surface area contributed by atoms with E-state index >= 15 is 0 Å². The van der Waals surface area contributed by atoms with Crippen molar-refractivity contribution < 1.29 is 9.21 Å². The predicted molar refractivity (Wildman–Crippen MR) is 40.3 cm³/mol. The lowest BCUT2D eigenvalue weighted by Crippen LogP contribution is -2.05. The van der Waals surface area contributed by atoms with Gasteiger partial charge in [-0.15, -0.1) is 0 Å². The summed E-state index contributed by atoms with van der Waals surface area (Å²) < 4.78 is 5.08. The van der Waals surface area contributed by atoms with Crippen LogP contribution in [0.15, 0.2) is 4.42 Å². The molecule has 1 heterocycles. The Morgan fingerprint density at radius 1 is 1.55 bits per heavy atom. The number of amides is 1. The highest BCUT2D eigenvalue weighted by Crippen LogP contribution is 2.11. The average Bonchev–Trinajstić information content (AvgIpc) is 2.10. The molecule has 0 bridgehead atoms. The highest BCUT2D eigenvalue weighted by molar-refractivity contribution is 5.86. The number of carbonyl (C=O) groups excluding carboxylic acids is 1. The Morgan fingerprint density at radius 3 is 2.55 bits per heavy atom. The van der Waals surface area contributed by atoms with E-state index < -0.39 is 0 Å². The molecule has 1 N–H and O–H groups in total. The fourth-order valence-corrected chi connectivity index (χ4v) is 0.677. The van der Waals surface area contributed by atoms with E-state index in [-0.39, 0.29) is 11.9 Å². The third-order valence-corrected chi connectivity index (χ3v) is 1.31. The zero-order valence-electron chi connectivity index (χ0n) is 6.76. The van der Waals surface area contributed by atoms with E-state index in [2.05, 4.69) is 10.3 Å². The lowest BCUT2D eigenvalue weighted by molar-refractivity contribution is -0.114. The van der Waals surface area contributed by atoms with Crippen molar-refractivity contribution in [3.8, 4) is 0 Å². The first-order valence-electron chi connectivity index (χ1n) is 3.31. The van der Waals surface area contributed by atoms with Gasteiger partial charge in [0.25, 0.3) is 0 Å². The highest BCUT2D eigenvalue weighted by atomic mass is 16.4. The number of oxazole rings is 1. The maximum atomic E-state index is 10.5. The topological polar surface area (TPSA) is 55.1 Å². The van der Waals surface area contributed by atoms with Crippen molar-refractivity contribution in [1.29, 1.82) is 0 Å². The van der Waals surface area contributed by atoms with Gasteiger partial charge in [0.1, 0.15) is 5.76 Å². The SMILES string of the molecule is CC(=O)Nc1nc(C)c(C)o1. The molecule has 0 aliphatic heterocycles. The Kier molecular flexibility index (Phi) is 1.94. The molecule has 0 aliphatic rings. The van der Waals surface area contributed by atoms with E-state index in [1.807, 2.05) is 6.92 Å². The zero-order valence-corrected chi connectivity index (χ0v) is 6.76. The zero-order chi connectivity index (χ0) is 8.43. The van der Waals surface area contributed by atoms with Crippen LogP contribution in [0.5, 0.6) is 0 Å². The molecule has 0 fully saturated rings. The molecule has 11 heavy (non-hydrogen) atoms. The van der Waals surface area contributed by atoms with Gasteiger partial charge in [-0.05, 0) is 13.8 Å². The monoisotopic (exact) mass is 154 g/mol. The second-order valence-electron chi connectivity index (χ2n) is 2.34. The fourth-order valence-electron chi connectivity index (χ4n) is 0.677. The third kappa shape index (κ3) is 1.80. The number of hydrogen-bond acceptors (Lipinski definition) is 3. The molecular weight excluding hydrogens is 144 g/mol. The van der Waals surface area contributed by atoms with Crippen molar-refractivity contribution in [3.05, 3.63) is 11.5 Å². The molecule has 0 aromatic carbocycles. The first kappa shape index (κ1) is 7.78. The van der Waals surface area contributed by atoms with Gasteiger partial charge in [-0.25, -0.2) is 0 Å². The van der Waals surface area contributed by atoms with Crippen molar-refractivity contribution in [2.75, 3.05) is 5.32 Å². The molecule has 0 atom stereocenters. The second kappa shape index (κ2) is 2.74. The van der Waals surface area contributed by atoms with Crippen molar-refractivity contribution in [1.82, 2.24) is 4.98 Å². The molecule has 0 radical (unpaired) electrons. The Bertz CT molecular complexity index is 258. The van der Waals surface area contributed by atoms with E-state index in [0.717, 1.165) is 11.5 Å². The van der Waals surface area contributed by atoms with Gasteiger partial charge in [-0.2, -0.15) is 4.98 Å². The molecule has 60 valence electrons. The summed E-state index contributed by atoms with van der Waals surface area (Å²) in [6, 6.07) is 0.271. The number of nitrogens with zero attached hydrogens (tertiary/aromatic N) is 1. The van der Waals surface area contributed by atoms with Crippen LogP contribution in [0, 0.1) is 13.8 Å². The van der Waals surface area contributed by atoms with E-state index in [9.17, 15) is 4.79 Å². The second-order valence-corrected chi connectivity index (χ2v) is 2.34. The largest absolute Gasteiger partial charge is 0.428 e. The molecule has 4 heteroatoms. The average molecular weight is 154 g/mol. The van der Waals surface area contributed by atoms with Gasteiger partial charge in [0.05, 0.1) is 5.69 Å². The van der Waals surface area contributed by atoms with Gasteiger partial charge in [0, 0.05) is 6.92 Å². The Labute approximate surface area is 64.6 Å². The van der Waals surface area contributed by atoms with Gasteiger partial charge in [0.15, 0.2) is 0 Å². The standard InChI is InChI=1S/C7H10N2O2/c1-4-5(2)11-7(8-4)9-6(3)10/h1-3H3,(H,8,9,10). The van der Waals surface area contributed by atoms with Crippen LogP contribution < -0.4 is 5.32 Å². The van der Waals surface area contributed by atoms with Crippen LogP contribution in [-0.2, 0) is 4.79 Å². The van der Waals surface area contributed by atoms with Crippen molar-refractivity contribution in [3.63, 3.8) is 0 Å². The van der Waals surface area contributed by atoms with Crippen molar-refractivity contribution >= 4 is 11.9 Å². The van der Waals surface area contributed by atoms with Crippen LogP contribution >= 0.6 is 0 Å². The van der Waals surface area contributed by atoms with Crippen LogP contribution in [0.4, 0.5) is 6.01 Å². The molecule has 0 unspecified atom stereocenters. The predicted octanol–water partition coefficient (Wildman–Crippen LogP) is 1.25. The molecule has 1 aromatic rings. The molecule has 0 aliphatic carbocycles. The molecule has 1 amide bonds. The summed E-state index contributed by atoms with van der Waals surface area (Å²) in [6.07, 6.45) is 0. The summed E-state index contributed by atoms with van der Waals surface area (Å²) >= 11 is 0. The summed E-state index contributed by atoms with van der Waals surface area (Å²) in [7, 11) is 0. The van der Waals surface area contributed by atoms with E-state index in [1.54, 1.807) is 6.92 Å². The summed E-state index contributed by atoms with van der Waals surface area (Å²) in [5.74, 6) is 0.556. The van der Waals surface area contributed by atoms with Crippen LogP contribution in [0.3, 0.4) is 0 Å². The minimum atomic E-state index is -0.175. The first-order chi connectivity index (χ1) is 5.09. The third-order valence-electron chi connectivity index (χ3n) is 1.31. The number of carbonyl (C=O) groups is 1. The number of hydrogen-bond donors (Lipinski definition) is 1. The van der Waals surface area contributed by atoms with Crippen molar-refractivity contribution in [2.45, 2.75) is 20.8 Å². The van der Waals surface area contributed by atoms with Crippen LogP contribution in [0.1, 0.15) is 18.4 Å². The van der Waals surface area contributed by atoms with Crippen molar-refractivity contribution in [2.24, 2.45) is 0 Å². The summed E-state index contributed by atoms with van der Waals surface area (Å²) in [4.78, 5) is 14.5. The van der Waals surface area contributed by atoms with Gasteiger partial charge < -0.3 is 4.42 Å². The molecule has 1 rings (SSSR count). The molecular formula is C7H10N2O2. The molecule has 0 saturated carbocycles. The number of anilines is 1.